The van der Waals surface area contributed by atoms with E-state index in [4.69, 9.17) is 16.7 Å². The lowest BCUT2D eigenvalue weighted by molar-refractivity contribution is 0.0697. The first kappa shape index (κ1) is 10.1. The Bertz CT molecular complexity index is 310. The molecule has 3 heteroatoms. The van der Waals surface area contributed by atoms with Gasteiger partial charge in [0, 0.05) is 0 Å². The molecule has 0 radical (unpaired) electrons. The molecule has 0 bridgehead atoms. The van der Waals surface area contributed by atoms with Gasteiger partial charge in [-0.25, -0.2) is 4.79 Å². The number of aromatic carboxylic acids is 1. The highest BCUT2D eigenvalue weighted by Crippen LogP contribution is 2.24. The average Bonchev–Trinajstić information content (AvgIpc) is 2.17. The Morgan fingerprint density at radius 1 is 1.62 bits per heavy atom. The van der Waals surface area contributed by atoms with Crippen LogP contribution in [-0.4, -0.2) is 11.1 Å². The summed E-state index contributed by atoms with van der Waals surface area (Å²) in [5.41, 5.74) is 1.15. The summed E-state index contributed by atoms with van der Waals surface area (Å²) in [5.74, 6) is -0.915. The van der Waals surface area contributed by atoms with E-state index in [1.165, 1.54) is 0 Å². The maximum Gasteiger partial charge on any atom is 0.335 e. The minimum atomic E-state index is -0.915. The van der Waals surface area contributed by atoms with Gasteiger partial charge in [0.2, 0.25) is 0 Å². The molecule has 0 aromatic heterocycles. The molecule has 13 heavy (non-hydrogen) atoms. The highest BCUT2D eigenvalue weighted by Gasteiger charge is 2.08. The van der Waals surface area contributed by atoms with Crippen molar-refractivity contribution in [2.45, 2.75) is 18.7 Å². The lowest BCUT2D eigenvalue weighted by Gasteiger charge is -2.06. The molecule has 0 aliphatic heterocycles. The Morgan fingerprint density at radius 3 is 2.85 bits per heavy atom. The molecule has 0 aliphatic rings. The fraction of sp³-hybridized carbons (Fsp3) is 0.300. The second kappa shape index (κ2) is 4.28. The number of carbonyl (C=O) groups is 1. The molecular weight excluding hydrogens is 188 g/mol. The fourth-order valence-electron chi connectivity index (χ4n) is 1.10. The normalized spacial score (nSPS) is 12.5. The third-order valence-corrected chi connectivity index (χ3v) is 2.41. The lowest BCUT2D eigenvalue weighted by atomic mass is 10.1. The molecule has 2 nitrogen and oxygen atoms in total. The van der Waals surface area contributed by atoms with Gasteiger partial charge in [-0.1, -0.05) is 19.1 Å². The number of rotatable bonds is 3. The molecule has 0 amide bonds. The van der Waals surface area contributed by atoms with Gasteiger partial charge in [-0.3, -0.25) is 0 Å². The van der Waals surface area contributed by atoms with Crippen LogP contribution in [-0.2, 0) is 0 Å². The van der Waals surface area contributed by atoms with Crippen molar-refractivity contribution >= 4 is 17.6 Å². The maximum atomic E-state index is 10.6. The van der Waals surface area contributed by atoms with Crippen LogP contribution in [0.4, 0.5) is 0 Å². The van der Waals surface area contributed by atoms with Crippen LogP contribution < -0.4 is 0 Å². The maximum absolute atomic E-state index is 10.6. The van der Waals surface area contributed by atoms with E-state index in [2.05, 4.69) is 0 Å². The summed E-state index contributed by atoms with van der Waals surface area (Å²) < 4.78 is 0. The molecule has 0 fully saturated rings. The van der Waals surface area contributed by atoms with Crippen LogP contribution in [0.2, 0.25) is 0 Å². The minimum Gasteiger partial charge on any atom is -0.478 e. The topological polar surface area (TPSA) is 37.3 Å². The summed E-state index contributed by atoms with van der Waals surface area (Å²) in [5, 5.41) is 8.62. The van der Waals surface area contributed by atoms with Crippen LogP contribution >= 0.6 is 11.6 Å². The van der Waals surface area contributed by atoms with Crippen LogP contribution in [0.1, 0.15) is 34.6 Å². The molecule has 0 aliphatic carbocycles. The Kier molecular flexibility index (Phi) is 3.32. The molecule has 0 spiro atoms. The van der Waals surface area contributed by atoms with Crippen LogP contribution in [0, 0.1) is 0 Å². The fourth-order valence-corrected chi connectivity index (χ4v) is 1.24. The number of hydrogen-bond acceptors (Lipinski definition) is 1. The molecule has 1 atom stereocenters. The van der Waals surface area contributed by atoms with Crippen molar-refractivity contribution in [3.05, 3.63) is 35.4 Å². The summed E-state index contributed by atoms with van der Waals surface area (Å²) in [6.07, 6.45) is 0.796. The van der Waals surface area contributed by atoms with Crippen molar-refractivity contribution in [1.29, 1.82) is 0 Å². The summed E-state index contributed by atoms with van der Waals surface area (Å²) >= 11 is 5.97. The first-order valence-electron chi connectivity index (χ1n) is 4.12. The molecule has 1 N–H and O–H groups in total. The second-order valence-electron chi connectivity index (χ2n) is 2.81. The number of alkyl halides is 1. The SMILES string of the molecule is CCC(Cl)c1cccc(C(=O)O)c1. The van der Waals surface area contributed by atoms with E-state index in [0.717, 1.165) is 12.0 Å². The third kappa shape index (κ3) is 2.46. The molecule has 1 unspecified atom stereocenters. The molecule has 1 aromatic carbocycles. The molecule has 0 saturated heterocycles. The van der Waals surface area contributed by atoms with Gasteiger partial charge >= 0.3 is 5.97 Å². The van der Waals surface area contributed by atoms with Crippen molar-refractivity contribution in [2.75, 3.05) is 0 Å². The van der Waals surface area contributed by atoms with Crippen molar-refractivity contribution in [2.24, 2.45) is 0 Å². The zero-order valence-corrected chi connectivity index (χ0v) is 8.08. The Labute approximate surface area is 82.2 Å². The van der Waals surface area contributed by atoms with E-state index in [1.807, 2.05) is 13.0 Å². The largest absolute Gasteiger partial charge is 0.478 e. The highest BCUT2D eigenvalue weighted by molar-refractivity contribution is 6.20. The van der Waals surface area contributed by atoms with Crippen molar-refractivity contribution in [1.82, 2.24) is 0 Å². The number of halogens is 1. The monoisotopic (exact) mass is 198 g/mol. The highest BCUT2D eigenvalue weighted by atomic mass is 35.5. The number of carboxylic acids is 1. The van der Waals surface area contributed by atoms with E-state index in [9.17, 15) is 4.79 Å². The molecule has 0 saturated carbocycles. The first-order chi connectivity index (χ1) is 6.15. The Balaban J connectivity index is 2.98. The quantitative estimate of drug-likeness (QED) is 0.758. The van der Waals surface area contributed by atoms with Gasteiger partial charge in [-0.15, -0.1) is 11.6 Å². The first-order valence-corrected chi connectivity index (χ1v) is 4.56. The molecule has 1 rings (SSSR count). The summed E-state index contributed by atoms with van der Waals surface area (Å²) in [4.78, 5) is 10.6. The third-order valence-electron chi connectivity index (χ3n) is 1.85. The van der Waals surface area contributed by atoms with Crippen LogP contribution in [0.25, 0.3) is 0 Å². The predicted molar refractivity (Wildman–Crippen MR) is 52.3 cm³/mol. The number of hydrogen-bond donors (Lipinski definition) is 1. The van der Waals surface area contributed by atoms with Crippen LogP contribution in [0.15, 0.2) is 24.3 Å². The average molecular weight is 199 g/mol. The summed E-state index contributed by atoms with van der Waals surface area (Å²) in [6, 6.07) is 6.73. The van der Waals surface area contributed by atoms with E-state index >= 15 is 0 Å². The van der Waals surface area contributed by atoms with Gasteiger partial charge < -0.3 is 5.11 Å². The van der Waals surface area contributed by atoms with E-state index < -0.39 is 5.97 Å². The Hall–Kier alpha value is -1.02. The van der Waals surface area contributed by atoms with Crippen molar-refractivity contribution in [3.8, 4) is 0 Å². The molecule has 70 valence electrons. The van der Waals surface area contributed by atoms with E-state index in [1.54, 1.807) is 18.2 Å². The smallest absolute Gasteiger partial charge is 0.335 e. The standard InChI is InChI=1S/C10H11ClO2/c1-2-9(11)7-4-3-5-8(6-7)10(12)13/h3-6,9H,2H2,1H3,(H,12,13). The molecular formula is C10H11ClO2. The van der Waals surface area contributed by atoms with Gasteiger partial charge in [0.05, 0.1) is 10.9 Å². The molecule has 0 heterocycles. The minimum absolute atomic E-state index is 0.0979. The van der Waals surface area contributed by atoms with Gasteiger partial charge in [0.15, 0.2) is 0 Å². The lowest BCUT2D eigenvalue weighted by Crippen LogP contribution is -1.98. The second-order valence-corrected chi connectivity index (χ2v) is 3.33. The van der Waals surface area contributed by atoms with Crippen molar-refractivity contribution in [3.63, 3.8) is 0 Å². The zero-order valence-electron chi connectivity index (χ0n) is 7.33. The Morgan fingerprint density at radius 2 is 2.31 bits per heavy atom. The van der Waals surface area contributed by atoms with Gasteiger partial charge in [-0.05, 0) is 24.1 Å². The van der Waals surface area contributed by atoms with Crippen LogP contribution in [0.5, 0.6) is 0 Å². The van der Waals surface area contributed by atoms with E-state index in [0.29, 0.717) is 0 Å². The summed E-state index contributed by atoms with van der Waals surface area (Å²) in [6.45, 7) is 1.96. The van der Waals surface area contributed by atoms with E-state index in [-0.39, 0.29) is 10.9 Å². The van der Waals surface area contributed by atoms with Crippen molar-refractivity contribution < 1.29 is 9.90 Å². The number of carboxylic acid groups (broad SMARTS) is 1. The van der Waals surface area contributed by atoms with Gasteiger partial charge in [0.25, 0.3) is 0 Å². The van der Waals surface area contributed by atoms with Crippen LogP contribution in [0.3, 0.4) is 0 Å². The number of benzene rings is 1. The summed E-state index contributed by atoms with van der Waals surface area (Å²) in [7, 11) is 0. The zero-order chi connectivity index (χ0) is 9.84. The predicted octanol–water partition coefficient (Wildman–Crippen LogP) is 3.07. The molecule has 1 aromatic rings. The van der Waals surface area contributed by atoms with Gasteiger partial charge in [0.1, 0.15) is 0 Å². The van der Waals surface area contributed by atoms with Gasteiger partial charge in [-0.2, -0.15) is 0 Å².